The second-order valence-corrected chi connectivity index (χ2v) is 8.69. The second kappa shape index (κ2) is 14.5. The van der Waals surface area contributed by atoms with Gasteiger partial charge in [-0.05, 0) is 73.2 Å². The van der Waals surface area contributed by atoms with Gasteiger partial charge in [-0.2, -0.15) is 0 Å². The highest BCUT2D eigenvalue weighted by molar-refractivity contribution is 6.30. The zero-order chi connectivity index (χ0) is 28.2. The molecule has 0 aromatic heterocycles. The monoisotopic (exact) mass is 554 g/mol. The number of carbonyl (C=O) groups is 3. The zero-order valence-corrected chi connectivity index (χ0v) is 22.2. The van der Waals surface area contributed by atoms with Gasteiger partial charge in [0, 0.05) is 25.2 Å². The van der Waals surface area contributed by atoms with E-state index in [1.165, 1.54) is 24.3 Å². The number of urea groups is 1. The van der Waals surface area contributed by atoms with Crippen molar-refractivity contribution in [2.45, 2.75) is 19.9 Å². The van der Waals surface area contributed by atoms with Crippen LogP contribution in [0.5, 0.6) is 11.5 Å². The standard InChI is InChI=1S/C28H28ClFN4O5/c1-3-38-26(36)16-17-34(19-35)28(37)32-27(33(2)18-20-4-6-21(29)7-5-20)31-23-10-14-25(15-11-23)39-24-12-8-22(30)9-13-24/h4-15,19H,3,16-18H2,1-2H3,(H,31,32,37). The van der Waals surface area contributed by atoms with Crippen molar-refractivity contribution in [1.82, 2.24) is 15.1 Å². The third-order valence-corrected chi connectivity index (χ3v) is 5.54. The lowest BCUT2D eigenvalue weighted by atomic mass is 10.2. The first-order chi connectivity index (χ1) is 18.8. The first-order valence-corrected chi connectivity index (χ1v) is 12.4. The molecule has 0 fully saturated rings. The fraction of sp³-hybridized carbons (Fsp3) is 0.214. The Kier molecular flexibility index (Phi) is 10.8. The second-order valence-electron chi connectivity index (χ2n) is 8.25. The van der Waals surface area contributed by atoms with Crippen LogP contribution >= 0.6 is 11.6 Å². The number of hydrogen-bond donors (Lipinski definition) is 1. The molecule has 0 aliphatic carbocycles. The van der Waals surface area contributed by atoms with Crippen molar-refractivity contribution in [3.05, 3.63) is 89.2 Å². The number of halogens is 2. The van der Waals surface area contributed by atoms with E-state index in [1.54, 1.807) is 55.3 Å². The van der Waals surface area contributed by atoms with Crippen LogP contribution in [0.15, 0.2) is 77.8 Å². The molecule has 3 amide bonds. The summed E-state index contributed by atoms with van der Waals surface area (Å²) in [6.07, 6.45) is 0.204. The van der Waals surface area contributed by atoms with Crippen LogP contribution < -0.4 is 10.1 Å². The molecule has 9 nitrogen and oxygen atoms in total. The summed E-state index contributed by atoms with van der Waals surface area (Å²) in [4.78, 5) is 43.2. The fourth-order valence-electron chi connectivity index (χ4n) is 3.31. The van der Waals surface area contributed by atoms with Crippen molar-refractivity contribution < 1.29 is 28.2 Å². The Morgan fingerprint density at radius 3 is 2.21 bits per heavy atom. The minimum Gasteiger partial charge on any atom is -0.466 e. The van der Waals surface area contributed by atoms with Crippen molar-refractivity contribution >= 4 is 41.7 Å². The third-order valence-electron chi connectivity index (χ3n) is 5.28. The Balaban J connectivity index is 1.78. The van der Waals surface area contributed by atoms with E-state index in [0.29, 0.717) is 35.2 Å². The van der Waals surface area contributed by atoms with E-state index < -0.39 is 12.0 Å². The number of aliphatic imine (C=N–C) groups is 1. The lowest BCUT2D eigenvalue weighted by Gasteiger charge is -2.24. The van der Waals surface area contributed by atoms with Gasteiger partial charge in [0.15, 0.2) is 0 Å². The van der Waals surface area contributed by atoms with Gasteiger partial charge in [-0.15, -0.1) is 0 Å². The number of hydrogen-bond acceptors (Lipinski definition) is 6. The van der Waals surface area contributed by atoms with Crippen LogP contribution in [0.1, 0.15) is 18.9 Å². The summed E-state index contributed by atoms with van der Waals surface area (Å²) in [5.74, 6) is 0.254. The van der Waals surface area contributed by atoms with Crippen molar-refractivity contribution in [1.29, 1.82) is 0 Å². The molecule has 0 saturated carbocycles. The molecular formula is C28H28ClFN4O5. The maximum absolute atomic E-state index is 13.1. The van der Waals surface area contributed by atoms with Crippen molar-refractivity contribution in [3.63, 3.8) is 0 Å². The number of benzene rings is 3. The molecule has 0 atom stereocenters. The highest BCUT2D eigenvalue weighted by Gasteiger charge is 2.19. The Bertz CT molecular complexity index is 1280. The number of guanidine groups is 1. The van der Waals surface area contributed by atoms with Crippen LogP contribution in [0.3, 0.4) is 0 Å². The summed E-state index contributed by atoms with van der Waals surface area (Å²) in [5.41, 5.74) is 1.39. The van der Waals surface area contributed by atoms with Crippen molar-refractivity contribution in [2.75, 3.05) is 20.2 Å². The first kappa shape index (κ1) is 29.1. The quantitative estimate of drug-likeness (QED) is 0.153. The zero-order valence-electron chi connectivity index (χ0n) is 21.5. The van der Waals surface area contributed by atoms with Crippen LogP contribution in [0.2, 0.25) is 5.02 Å². The smallest absolute Gasteiger partial charge is 0.330 e. The lowest BCUT2D eigenvalue weighted by molar-refractivity contribution is -0.143. The summed E-state index contributed by atoms with van der Waals surface area (Å²) < 4.78 is 23.7. The predicted molar refractivity (Wildman–Crippen MR) is 145 cm³/mol. The average Bonchev–Trinajstić information content (AvgIpc) is 2.92. The minimum atomic E-state index is -0.757. The number of amides is 3. The average molecular weight is 555 g/mol. The minimum absolute atomic E-state index is 0.136. The molecule has 0 unspecified atom stereocenters. The van der Waals surface area contributed by atoms with E-state index in [0.717, 1.165) is 10.5 Å². The van der Waals surface area contributed by atoms with E-state index in [9.17, 15) is 18.8 Å². The molecule has 11 heteroatoms. The van der Waals surface area contributed by atoms with E-state index in [-0.39, 0.29) is 31.3 Å². The van der Waals surface area contributed by atoms with Gasteiger partial charge in [-0.1, -0.05) is 23.7 Å². The number of carbonyl (C=O) groups excluding carboxylic acids is 3. The number of nitrogens with one attached hydrogen (secondary N) is 1. The molecular weight excluding hydrogens is 527 g/mol. The molecule has 3 aromatic rings. The first-order valence-electron chi connectivity index (χ1n) is 12.0. The highest BCUT2D eigenvalue weighted by atomic mass is 35.5. The van der Waals surface area contributed by atoms with Gasteiger partial charge < -0.3 is 14.4 Å². The number of ether oxygens (including phenoxy) is 2. The van der Waals surface area contributed by atoms with Gasteiger partial charge in [0.05, 0.1) is 18.7 Å². The van der Waals surface area contributed by atoms with Gasteiger partial charge in [0.2, 0.25) is 12.4 Å². The fourth-order valence-corrected chi connectivity index (χ4v) is 3.44. The maximum atomic E-state index is 13.1. The Hall–Kier alpha value is -4.44. The molecule has 0 spiro atoms. The molecule has 0 aliphatic heterocycles. The normalized spacial score (nSPS) is 10.9. The molecule has 1 N–H and O–H groups in total. The third kappa shape index (κ3) is 9.42. The molecule has 0 aliphatic rings. The molecule has 204 valence electrons. The van der Waals surface area contributed by atoms with Crippen LogP contribution in [0.4, 0.5) is 14.9 Å². The number of rotatable bonds is 10. The number of imide groups is 1. The molecule has 0 saturated heterocycles. The largest absolute Gasteiger partial charge is 0.466 e. The SMILES string of the molecule is CCOC(=O)CCN(C=O)C(=O)NC(=Nc1ccc(Oc2ccc(F)cc2)cc1)N(C)Cc1ccc(Cl)cc1. The summed E-state index contributed by atoms with van der Waals surface area (Å²) in [6.45, 7) is 2.08. The molecule has 3 rings (SSSR count). The Morgan fingerprint density at radius 2 is 1.62 bits per heavy atom. The van der Waals surface area contributed by atoms with E-state index in [2.05, 4.69) is 10.3 Å². The van der Waals surface area contributed by atoms with Crippen molar-refractivity contribution in [3.8, 4) is 11.5 Å². The summed E-state index contributed by atoms with van der Waals surface area (Å²) in [7, 11) is 1.73. The van der Waals surface area contributed by atoms with E-state index in [4.69, 9.17) is 21.1 Å². The molecule has 3 aromatic carbocycles. The summed E-state index contributed by atoms with van der Waals surface area (Å²) in [5, 5.41) is 3.24. The van der Waals surface area contributed by atoms with E-state index >= 15 is 0 Å². The van der Waals surface area contributed by atoms with Crippen molar-refractivity contribution in [2.24, 2.45) is 4.99 Å². The van der Waals surface area contributed by atoms with Gasteiger partial charge in [0.1, 0.15) is 17.3 Å². The van der Waals surface area contributed by atoms with Crippen LogP contribution in [0.25, 0.3) is 0 Å². The van der Waals surface area contributed by atoms with Crippen LogP contribution in [0, 0.1) is 5.82 Å². The Morgan fingerprint density at radius 1 is 1.00 bits per heavy atom. The van der Waals surface area contributed by atoms with Gasteiger partial charge >= 0.3 is 12.0 Å². The lowest BCUT2D eigenvalue weighted by Crippen LogP contribution is -2.48. The van der Waals surface area contributed by atoms with Gasteiger partial charge in [0.25, 0.3) is 0 Å². The van der Waals surface area contributed by atoms with Gasteiger partial charge in [-0.3, -0.25) is 19.8 Å². The number of esters is 1. The molecule has 0 bridgehead atoms. The van der Waals surface area contributed by atoms with Crippen LogP contribution in [-0.4, -0.2) is 54.4 Å². The number of nitrogens with zero attached hydrogens (tertiary/aromatic N) is 3. The topological polar surface area (TPSA) is 101 Å². The molecule has 0 heterocycles. The van der Waals surface area contributed by atoms with Gasteiger partial charge in [-0.25, -0.2) is 14.2 Å². The van der Waals surface area contributed by atoms with E-state index in [1.807, 2.05) is 12.1 Å². The predicted octanol–water partition coefficient (Wildman–Crippen LogP) is 5.51. The molecule has 0 radical (unpaired) electrons. The highest BCUT2D eigenvalue weighted by Crippen LogP contribution is 2.24. The molecule has 39 heavy (non-hydrogen) atoms. The Labute approximate surface area is 230 Å². The summed E-state index contributed by atoms with van der Waals surface area (Å²) in [6, 6.07) is 18.8. The summed E-state index contributed by atoms with van der Waals surface area (Å²) >= 11 is 5.99. The maximum Gasteiger partial charge on any atom is 0.330 e. The van der Waals surface area contributed by atoms with Crippen LogP contribution in [-0.2, 0) is 20.9 Å².